The third kappa shape index (κ3) is 5.91. The van der Waals surface area contributed by atoms with Crippen molar-refractivity contribution in [1.82, 2.24) is 15.3 Å². The monoisotopic (exact) mass is 565 g/mol. The number of piperazine rings is 1. The predicted molar refractivity (Wildman–Crippen MR) is 140 cm³/mol. The van der Waals surface area contributed by atoms with Gasteiger partial charge in [-0.25, -0.2) is 4.98 Å². The van der Waals surface area contributed by atoms with E-state index < -0.39 is 40.4 Å². The van der Waals surface area contributed by atoms with Crippen molar-refractivity contribution in [3.8, 4) is 11.1 Å². The zero-order valence-electron chi connectivity index (χ0n) is 22.4. The average molecular weight is 566 g/mol. The van der Waals surface area contributed by atoms with Gasteiger partial charge in [-0.05, 0) is 56.7 Å². The maximum absolute atomic E-state index is 13.8. The highest BCUT2D eigenvalue weighted by atomic mass is 19.4. The fourth-order valence-electron chi connectivity index (χ4n) is 4.72. The number of amides is 1. The van der Waals surface area contributed by atoms with Crippen LogP contribution in [0.3, 0.4) is 0 Å². The molecule has 4 rings (SSSR count). The molecule has 1 aliphatic rings. The molecule has 1 saturated heterocycles. The number of hydrogen-bond donors (Lipinski definition) is 1. The molecule has 0 aliphatic carbocycles. The molecule has 0 bridgehead atoms. The van der Waals surface area contributed by atoms with Crippen molar-refractivity contribution in [2.75, 3.05) is 43.0 Å². The van der Waals surface area contributed by atoms with Crippen LogP contribution >= 0.6 is 0 Å². The highest BCUT2D eigenvalue weighted by Gasteiger charge is 2.41. The van der Waals surface area contributed by atoms with Crippen LogP contribution in [0.25, 0.3) is 11.1 Å². The van der Waals surface area contributed by atoms with Gasteiger partial charge in [-0.2, -0.15) is 26.3 Å². The van der Waals surface area contributed by atoms with E-state index >= 15 is 0 Å². The first-order valence-corrected chi connectivity index (χ1v) is 12.6. The number of aromatic nitrogens is 2. The van der Waals surface area contributed by atoms with Crippen LogP contribution in [-0.2, 0) is 22.6 Å². The molecule has 0 unspecified atom stereocenters. The molecule has 214 valence electrons. The van der Waals surface area contributed by atoms with E-state index in [0.29, 0.717) is 40.5 Å². The first kappa shape index (κ1) is 29.3. The number of benzene rings is 1. The number of rotatable bonds is 5. The third-order valence-corrected chi connectivity index (χ3v) is 7.12. The zero-order chi connectivity index (χ0) is 29.5. The Morgan fingerprint density at radius 3 is 2.02 bits per heavy atom. The second kappa shape index (κ2) is 10.7. The number of likely N-dealkylation sites (N-methyl/N-ethyl adjacent to an activating group) is 1. The standard InChI is InChI=1S/C28H29F6N5O/c1-17-21(6-5-7-36-17)22-15-24(39-10-8-35-9-11-39)37-16-23(22)38(4)25(40)26(2,3)18-12-19(27(29,30)31)14-20(13-18)28(32,33)34/h5-7,12-16,35H,8-11H2,1-4H3. The van der Waals surface area contributed by atoms with E-state index in [2.05, 4.69) is 20.2 Å². The molecule has 40 heavy (non-hydrogen) atoms. The van der Waals surface area contributed by atoms with Gasteiger partial charge >= 0.3 is 12.4 Å². The normalized spacial score (nSPS) is 14.8. The second-order valence-corrected chi connectivity index (χ2v) is 10.2. The highest BCUT2D eigenvalue weighted by Crippen LogP contribution is 2.41. The van der Waals surface area contributed by atoms with Gasteiger partial charge in [0.1, 0.15) is 5.82 Å². The van der Waals surface area contributed by atoms with Gasteiger partial charge in [0.05, 0.1) is 28.4 Å². The Morgan fingerprint density at radius 1 is 0.900 bits per heavy atom. The van der Waals surface area contributed by atoms with Crippen LogP contribution in [0.4, 0.5) is 37.8 Å². The van der Waals surface area contributed by atoms with E-state index in [9.17, 15) is 31.1 Å². The number of hydrogen-bond acceptors (Lipinski definition) is 5. The lowest BCUT2D eigenvalue weighted by Gasteiger charge is -2.33. The summed E-state index contributed by atoms with van der Waals surface area (Å²) in [6.45, 7) is 7.39. The summed E-state index contributed by atoms with van der Waals surface area (Å²) in [7, 11) is 1.43. The molecule has 0 saturated carbocycles. The van der Waals surface area contributed by atoms with E-state index in [-0.39, 0.29) is 6.07 Å². The Bertz CT molecular complexity index is 1360. The third-order valence-electron chi connectivity index (χ3n) is 7.12. The first-order chi connectivity index (χ1) is 18.6. The summed E-state index contributed by atoms with van der Waals surface area (Å²) < 4.78 is 81.2. The summed E-state index contributed by atoms with van der Waals surface area (Å²) in [4.78, 5) is 26.1. The van der Waals surface area contributed by atoms with Gasteiger partial charge in [0.2, 0.25) is 5.91 Å². The van der Waals surface area contributed by atoms with Gasteiger partial charge in [0.15, 0.2) is 0 Å². The quantitative estimate of drug-likeness (QED) is 0.394. The van der Waals surface area contributed by atoms with Crippen molar-refractivity contribution < 1.29 is 31.1 Å². The van der Waals surface area contributed by atoms with Gasteiger partial charge in [-0.15, -0.1) is 0 Å². The maximum Gasteiger partial charge on any atom is 0.416 e. The predicted octanol–water partition coefficient (Wildman–Crippen LogP) is 5.84. The van der Waals surface area contributed by atoms with Crippen LogP contribution in [0.5, 0.6) is 0 Å². The minimum absolute atomic E-state index is 0.0514. The van der Waals surface area contributed by atoms with Crippen LogP contribution in [-0.4, -0.2) is 49.1 Å². The fraction of sp³-hybridized carbons (Fsp3) is 0.393. The molecule has 1 N–H and O–H groups in total. The van der Waals surface area contributed by atoms with E-state index in [1.54, 1.807) is 19.2 Å². The molecule has 1 aromatic carbocycles. The van der Waals surface area contributed by atoms with E-state index in [4.69, 9.17) is 0 Å². The molecule has 3 heterocycles. The Morgan fingerprint density at radius 2 is 1.48 bits per heavy atom. The molecule has 0 spiro atoms. The Labute approximate surface area is 228 Å². The summed E-state index contributed by atoms with van der Waals surface area (Å²) in [5.74, 6) is -0.0317. The number of alkyl halides is 6. The van der Waals surface area contributed by atoms with Crippen molar-refractivity contribution in [2.24, 2.45) is 0 Å². The summed E-state index contributed by atoms with van der Waals surface area (Å²) >= 11 is 0. The molecular formula is C28H29F6N5O. The fourth-order valence-corrected chi connectivity index (χ4v) is 4.72. The summed E-state index contributed by atoms with van der Waals surface area (Å²) in [6, 6.07) is 6.64. The maximum atomic E-state index is 13.8. The zero-order valence-corrected chi connectivity index (χ0v) is 22.4. The molecular weight excluding hydrogens is 536 g/mol. The molecule has 0 radical (unpaired) electrons. The van der Waals surface area contributed by atoms with Gasteiger partial charge < -0.3 is 15.1 Å². The van der Waals surface area contributed by atoms with Crippen molar-refractivity contribution in [2.45, 2.75) is 38.5 Å². The number of anilines is 2. The molecule has 3 aromatic rings. The lowest BCUT2D eigenvalue weighted by molar-refractivity contribution is -0.143. The SMILES string of the molecule is Cc1ncccc1-c1cc(N2CCNCC2)ncc1N(C)C(=O)C(C)(C)c1cc(C(F)(F)F)cc(C(F)(F)F)c1. The van der Waals surface area contributed by atoms with Crippen LogP contribution in [0, 0.1) is 6.92 Å². The minimum atomic E-state index is -5.03. The van der Waals surface area contributed by atoms with Gasteiger partial charge in [0, 0.05) is 56.2 Å². The number of nitrogens with one attached hydrogen (secondary N) is 1. The number of carbonyl (C=O) groups is 1. The lowest BCUT2D eigenvalue weighted by Crippen LogP contribution is -2.44. The smallest absolute Gasteiger partial charge is 0.354 e. The molecule has 1 aliphatic heterocycles. The van der Waals surface area contributed by atoms with E-state index in [1.165, 1.54) is 32.0 Å². The number of aryl methyl sites for hydroxylation is 1. The van der Waals surface area contributed by atoms with Gasteiger partial charge in [-0.3, -0.25) is 9.78 Å². The second-order valence-electron chi connectivity index (χ2n) is 10.2. The number of carbonyl (C=O) groups excluding carboxylic acids is 1. The molecule has 12 heteroatoms. The first-order valence-electron chi connectivity index (χ1n) is 12.6. The summed E-state index contributed by atoms with van der Waals surface area (Å²) in [5.41, 5.74) is -2.77. The Balaban J connectivity index is 1.80. The Kier molecular flexibility index (Phi) is 7.85. The molecule has 1 fully saturated rings. The van der Waals surface area contributed by atoms with Crippen LogP contribution < -0.4 is 15.1 Å². The highest BCUT2D eigenvalue weighted by molar-refractivity contribution is 6.03. The van der Waals surface area contributed by atoms with E-state index in [0.717, 1.165) is 26.2 Å². The lowest BCUT2D eigenvalue weighted by atomic mass is 9.81. The van der Waals surface area contributed by atoms with Gasteiger partial charge in [-0.1, -0.05) is 6.07 Å². The molecule has 0 atom stereocenters. The average Bonchev–Trinajstić information content (AvgIpc) is 2.91. The van der Waals surface area contributed by atoms with Crippen molar-refractivity contribution in [3.05, 3.63) is 71.2 Å². The molecule has 2 aromatic heterocycles. The molecule has 6 nitrogen and oxygen atoms in total. The molecule has 1 amide bonds. The topological polar surface area (TPSA) is 61.4 Å². The van der Waals surface area contributed by atoms with Crippen LogP contribution in [0.2, 0.25) is 0 Å². The minimum Gasteiger partial charge on any atom is -0.354 e. The summed E-state index contributed by atoms with van der Waals surface area (Å²) in [5, 5.41) is 3.27. The van der Waals surface area contributed by atoms with Crippen LogP contribution in [0.1, 0.15) is 36.2 Å². The summed E-state index contributed by atoms with van der Waals surface area (Å²) in [6.07, 6.45) is -6.94. The van der Waals surface area contributed by atoms with E-state index in [1.807, 2.05) is 12.1 Å². The van der Waals surface area contributed by atoms with Crippen LogP contribution in [0.15, 0.2) is 48.8 Å². The van der Waals surface area contributed by atoms with Gasteiger partial charge in [0.25, 0.3) is 0 Å². The number of nitrogens with zero attached hydrogens (tertiary/aromatic N) is 4. The van der Waals surface area contributed by atoms with Crippen molar-refractivity contribution in [3.63, 3.8) is 0 Å². The van der Waals surface area contributed by atoms with Crippen molar-refractivity contribution in [1.29, 1.82) is 0 Å². The Hall–Kier alpha value is -3.67. The number of pyridine rings is 2. The largest absolute Gasteiger partial charge is 0.416 e. The van der Waals surface area contributed by atoms with Crippen molar-refractivity contribution >= 4 is 17.4 Å². The number of halogens is 6.